The van der Waals surface area contributed by atoms with Crippen LogP contribution in [-0.2, 0) is 22.6 Å². The van der Waals surface area contributed by atoms with Gasteiger partial charge in [0, 0.05) is 31.0 Å². The van der Waals surface area contributed by atoms with Crippen LogP contribution < -0.4 is 10.6 Å². The fraction of sp³-hybridized carbons (Fsp3) is 0.400. The van der Waals surface area contributed by atoms with E-state index in [4.69, 9.17) is 0 Å². The third kappa shape index (κ3) is 3.76. The van der Waals surface area contributed by atoms with E-state index in [2.05, 4.69) is 33.0 Å². The third-order valence-electron chi connectivity index (χ3n) is 5.32. The molecule has 3 N–H and O–H groups in total. The molecule has 0 spiro atoms. The number of benzene rings is 1. The molecule has 2 atom stereocenters. The highest BCUT2D eigenvalue weighted by atomic mass is 16.2. The highest BCUT2D eigenvalue weighted by Crippen LogP contribution is 2.40. The minimum absolute atomic E-state index is 0.0191. The van der Waals surface area contributed by atoms with E-state index in [0.717, 1.165) is 17.7 Å². The Morgan fingerprint density at radius 2 is 2.04 bits per heavy atom. The van der Waals surface area contributed by atoms with Crippen LogP contribution in [0.25, 0.3) is 0 Å². The second-order valence-electron chi connectivity index (χ2n) is 7.34. The second kappa shape index (κ2) is 7.46. The lowest BCUT2D eigenvalue weighted by Gasteiger charge is -2.26. The van der Waals surface area contributed by atoms with Crippen molar-refractivity contribution in [1.82, 2.24) is 25.7 Å². The molecule has 1 saturated carbocycles. The van der Waals surface area contributed by atoms with Crippen LogP contribution in [-0.4, -0.2) is 52.0 Å². The fourth-order valence-electron chi connectivity index (χ4n) is 3.69. The van der Waals surface area contributed by atoms with E-state index in [1.807, 2.05) is 18.2 Å². The summed E-state index contributed by atoms with van der Waals surface area (Å²) >= 11 is 0. The Morgan fingerprint density at radius 1 is 1.25 bits per heavy atom. The summed E-state index contributed by atoms with van der Waals surface area (Å²) in [5.74, 6) is -0.189. The van der Waals surface area contributed by atoms with E-state index in [0.29, 0.717) is 31.1 Å². The number of nitrogens with one attached hydrogen (secondary N) is 3. The van der Waals surface area contributed by atoms with Crippen molar-refractivity contribution in [2.45, 2.75) is 38.3 Å². The van der Waals surface area contributed by atoms with Crippen molar-refractivity contribution in [2.24, 2.45) is 0 Å². The lowest BCUT2D eigenvalue weighted by molar-refractivity contribution is -0.133. The van der Waals surface area contributed by atoms with Crippen LogP contribution in [0.1, 0.15) is 46.6 Å². The molecule has 0 bridgehead atoms. The molecular formula is C20H23N5O3. The predicted molar refractivity (Wildman–Crippen MR) is 101 cm³/mol. The van der Waals surface area contributed by atoms with Crippen molar-refractivity contribution in [1.29, 1.82) is 0 Å². The number of aromatic nitrogens is 2. The lowest BCUT2D eigenvalue weighted by atomic mass is 10.0. The third-order valence-corrected chi connectivity index (χ3v) is 5.32. The summed E-state index contributed by atoms with van der Waals surface area (Å²) in [7, 11) is 0. The highest BCUT2D eigenvalue weighted by molar-refractivity contribution is 5.94. The van der Waals surface area contributed by atoms with Crippen LogP contribution in [0.3, 0.4) is 0 Å². The number of aromatic amines is 1. The quantitative estimate of drug-likeness (QED) is 0.709. The van der Waals surface area contributed by atoms with E-state index >= 15 is 0 Å². The van der Waals surface area contributed by atoms with Gasteiger partial charge in [-0.15, -0.1) is 0 Å². The molecule has 0 radical (unpaired) electrons. The first-order valence-electron chi connectivity index (χ1n) is 9.47. The molecular weight excluding hydrogens is 358 g/mol. The Morgan fingerprint density at radius 3 is 2.79 bits per heavy atom. The van der Waals surface area contributed by atoms with E-state index in [1.165, 1.54) is 12.5 Å². The van der Waals surface area contributed by atoms with Crippen molar-refractivity contribution >= 4 is 17.7 Å². The number of amides is 3. The van der Waals surface area contributed by atoms with Crippen molar-refractivity contribution in [2.75, 3.05) is 13.1 Å². The molecule has 3 amide bonds. The maximum atomic E-state index is 12.7. The van der Waals surface area contributed by atoms with Crippen LogP contribution in [0.4, 0.5) is 0 Å². The Balaban J connectivity index is 1.36. The molecule has 4 rings (SSSR count). The normalized spacial score (nSPS) is 20.2. The van der Waals surface area contributed by atoms with E-state index in [9.17, 15) is 14.4 Å². The van der Waals surface area contributed by atoms with Crippen molar-refractivity contribution in [3.63, 3.8) is 0 Å². The molecule has 146 valence electrons. The number of hydrogen-bond acceptors (Lipinski definition) is 4. The molecule has 1 aliphatic carbocycles. The number of hydrogen-bond donors (Lipinski definition) is 3. The van der Waals surface area contributed by atoms with E-state index in [1.54, 1.807) is 4.90 Å². The smallest absolute Gasteiger partial charge is 0.272 e. The predicted octanol–water partition coefficient (Wildman–Crippen LogP) is 0.716. The first-order valence-corrected chi connectivity index (χ1v) is 9.47. The first-order chi connectivity index (χ1) is 13.5. The summed E-state index contributed by atoms with van der Waals surface area (Å²) in [5.41, 5.74) is 3.31. The van der Waals surface area contributed by atoms with Gasteiger partial charge >= 0.3 is 0 Å². The number of carbonyl (C=O) groups excluding carboxylic acids is 3. The first kappa shape index (κ1) is 18.2. The van der Waals surface area contributed by atoms with Gasteiger partial charge in [0.2, 0.25) is 11.8 Å². The van der Waals surface area contributed by atoms with Crippen LogP contribution in [0.15, 0.2) is 30.3 Å². The number of nitrogens with zero attached hydrogens (tertiary/aromatic N) is 2. The minimum atomic E-state index is -0.236. The molecule has 8 heteroatoms. The molecule has 1 aromatic heterocycles. The van der Waals surface area contributed by atoms with Gasteiger partial charge in [-0.25, -0.2) is 0 Å². The molecule has 2 aromatic rings. The minimum Gasteiger partial charge on any atom is -0.347 e. The highest BCUT2D eigenvalue weighted by Gasteiger charge is 2.40. The van der Waals surface area contributed by atoms with Gasteiger partial charge in [0.25, 0.3) is 5.91 Å². The topological polar surface area (TPSA) is 107 Å². The average Bonchev–Trinajstić information content (AvgIpc) is 3.33. The lowest BCUT2D eigenvalue weighted by Crippen LogP contribution is -2.42. The molecule has 0 saturated heterocycles. The van der Waals surface area contributed by atoms with E-state index < -0.39 is 0 Å². The number of carbonyl (C=O) groups is 3. The van der Waals surface area contributed by atoms with Gasteiger partial charge in [0.05, 0.1) is 18.8 Å². The molecule has 1 aliphatic heterocycles. The Hall–Kier alpha value is -3.16. The average molecular weight is 381 g/mol. The summed E-state index contributed by atoms with van der Waals surface area (Å²) in [6.07, 6.45) is 1.50. The van der Waals surface area contributed by atoms with Crippen LogP contribution in [0.5, 0.6) is 0 Å². The maximum absolute atomic E-state index is 12.7. The Bertz CT molecular complexity index is 908. The summed E-state index contributed by atoms with van der Waals surface area (Å²) in [4.78, 5) is 37.5. The molecule has 2 heterocycles. The molecule has 28 heavy (non-hydrogen) atoms. The molecule has 0 unspecified atom stereocenters. The zero-order valence-corrected chi connectivity index (χ0v) is 15.7. The SMILES string of the molecule is CC(=O)NCC(=O)N1CCc2c(C(=O)N[C@@H]3C[C@H]3c3ccccc3)n[nH]c2C1. The van der Waals surface area contributed by atoms with Crippen LogP contribution >= 0.6 is 0 Å². The van der Waals surface area contributed by atoms with Crippen LogP contribution in [0.2, 0.25) is 0 Å². The van der Waals surface area contributed by atoms with Crippen LogP contribution in [0, 0.1) is 0 Å². The zero-order chi connectivity index (χ0) is 19.7. The summed E-state index contributed by atoms with van der Waals surface area (Å²) in [6.45, 7) is 2.23. The van der Waals surface area contributed by atoms with Gasteiger partial charge in [-0.2, -0.15) is 5.10 Å². The van der Waals surface area contributed by atoms with Gasteiger partial charge in [0.15, 0.2) is 5.69 Å². The Kier molecular flexibility index (Phi) is 4.85. The number of H-pyrrole nitrogens is 1. The van der Waals surface area contributed by atoms with Crippen molar-refractivity contribution in [3.8, 4) is 0 Å². The van der Waals surface area contributed by atoms with Gasteiger partial charge in [0.1, 0.15) is 0 Å². The van der Waals surface area contributed by atoms with Gasteiger partial charge in [-0.3, -0.25) is 19.5 Å². The van der Waals surface area contributed by atoms with Gasteiger partial charge < -0.3 is 15.5 Å². The number of rotatable bonds is 5. The maximum Gasteiger partial charge on any atom is 0.272 e. The molecule has 8 nitrogen and oxygen atoms in total. The van der Waals surface area contributed by atoms with Crippen molar-refractivity contribution in [3.05, 3.63) is 52.8 Å². The molecule has 1 aromatic carbocycles. The Labute approximate surface area is 162 Å². The van der Waals surface area contributed by atoms with Gasteiger partial charge in [-0.1, -0.05) is 30.3 Å². The summed E-state index contributed by atoms with van der Waals surface area (Å²) < 4.78 is 0. The zero-order valence-electron chi connectivity index (χ0n) is 15.7. The monoisotopic (exact) mass is 381 g/mol. The van der Waals surface area contributed by atoms with Crippen molar-refractivity contribution < 1.29 is 14.4 Å². The summed E-state index contributed by atoms with van der Waals surface area (Å²) in [6, 6.07) is 10.3. The largest absolute Gasteiger partial charge is 0.347 e. The van der Waals surface area contributed by atoms with E-state index in [-0.39, 0.29) is 30.3 Å². The van der Waals surface area contributed by atoms with Gasteiger partial charge in [-0.05, 0) is 18.4 Å². The molecule has 2 aliphatic rings. The molecule has 1 fully saturated rings. The number of fused-ring (bicyclic) bond motifs is 1. The fourth-order valence-corrected chi connectivity index (χ4v) is 3.69. The summed E-state index contributed by atoms with van der Waals surface area (Å²) in [5, 5.41) is 12.7. The second-order valence-corrected chi connectivity index (χ2v) is 7.34. The standard InChI is InChI=1S/C20H23N5O3/c1-12(26)21-10-18(27)25-8-7-14-17(11-25)23-24-19(14)20(28)22-16-9-15(16)13-5-3-2-4-6-13/h2-6,15-16H,7-11H2,1H3,(H,21,26)(H,22,28)(H,23,24)/t15-,16+/m0/s1.